The molecule has 0 aromatic carbocycles. The van der Waals surface area contributed by atoms with Crippen LogP contribution in [0.1, 0.15) is 21.8 Å². The highest BCUT2D eigenvalue weighted by atomic mass is 32.1. The van der Waals surface area contributed by atoms with Gasteiger partial charge in [0, 0.05) is 24.5 Å². The van der Waals surface area contributed by atoms with E-state index in [1.807, 2.05) is 31.2 Å². The number of fused-ring (bicyclic) bond motifs is 2. The minimum absolute atomic E-state index is 0.178. The van der Waals surface area contributed by atoms with Crippen LogP contribution < -0.4 is 15.0 Å². The maximum Gasteiger partial charge on any atom is 0.265 e. The Balaban J connectivity index is 1.39. The number of nitrogens with one attached hydrogen (secondary N) is 1. The van der Waals surface area contributed by atoms with Gasteiger partial charge in [-0.3, -0.25) is 4.79 Å². The first kappa shape index (κ1) is 20.7. The number of aromatic nitrogens is 3. The molecule has 166 valence electrons. The summed E-state index contributed by atoms with van der Waals surface area (Å²) < 4.78 is 7.21. The lowest BCUT2D eigenvalue weighted by Crippen LogP contribution is -2.31. The van der Waals surface area contributed by atoms with Crippen molar-refractivity contribution in [3.05, 3.63) is 47.1 Å². The minimum atomic E-state index is -0.178. The zero-order valence-corrected chi connectivity index (χ0v) is 19.4. The van der Waals surface area contributed by atoms with Crippen LogP contribution in [0.15, 0.2) is 36.5 Å². The van der Waals surface area contributed by atoms with Gasteiger partial charge in [-0.2, -0.15) is 5.10 Å². The summed E-state index contributed by atoms with van der Waals surface area (Å²) in [5, 5.41) is 8.36. The van der Waals surface area contributed by atoms with Gasteiger partial charge in [0.15, 0.2) is 5.75 Å². The summed E-state index contributed by atoms with van der Waals surface area (Å²) in [6.45, 7) is 3.90. The molecule has 1 amide bonds. The molecule has 0 aliphatic carbocycles. The number of thiophene rings is 1. The van der Waals surface area contributed by atoms with Crippen molar-refractivity contribution in [1.29, 1.82) is 0 Å². The molecule has 5 heterocycles. The highest BCUT2D eigenvalue weighted by Crippen LogP contribution is 2.31. The lowest BCUT2D eigenvalue weighted by Gasteiger charge is -2.21. The van der Waals surface area contributed by atoms with Gasteiger partial charge in [0.25, 0.3) is 5.91 Å². The number of anilines is 2. The zero-order valence-electron chi connectivity index (χ0n) is 18.6. The van der Waals surface area contributed by atoms with Crippen molar-refractivity contribution < 1.29 is 9.53 Å². The largest absolute Gasteiger partial charge is 0.493 e. The molecule has 1 N–H and O–H groups in total. The topological polar surface area (TPSA) is 75.0 Å². The Hall–Kier alpha value is -3.17. The molecule has 4 aromatic rings. The van der Waals surface area contributed by atoms with Gasteiger partial charge in [0.05, 0.1) is 35.1 Å². The second-order valence-electron chi connectivity index (χ2n) is 8.39. The van der Waals surface area contributed by atoms with Crippen LogP contribution in [-0.2, 0) is 0 Å². The van der Waals surface area contributed by atoms with Crippen LogP contribution in [-0.4, -0.2) is 65.7 Å². The van der Waals surface area contributed by atoms with Crippen molar-refractivity contribution in [3.8, 4) is 5.75 Å². The Labute approximate surface area is 190 Å². The molecule has 1 fully saturated rings. The summed E-state index contributed by atoms with van der Waals surface area (Å²) in [7, 11) is 5.82. The highest BCUT2D eigenvalue weighted by molar-refractivity contribution is 7.20. The Morgan fingerprint density at radius 2 is 2.12 bits per heavy atom. The van der Waals surface area contributed by atoms with Gasteiger partial charge in [0.1, 0.15) is 10.6 Å². The van der Waals surface area contributed by atoms with Crippen LogP contribution in [0.3, 0.4) is 0 Å². The lowest BCUT2D eigenvalue weighted by molar-refractivity contribution is 0.103. The Kier molecular flexibility index (Phi) is 5.22. The number of hydrogen-bond acceptors (Lipinski definition) is 7. The number of likely N-dealkylation sites (N-methyl/N-ethyl adjacent to an activating group) is 1. The fourth-order valence-corrected chi connectivity index (χ4v) is 5.08. The second-order valence-corrected chi connectivity index (χ2v) is 9.42. The van der Waals surface area contributed by atoms with Gasteiger partial charge >= 0.3 is 0 Å². The van der Waals surface area contributed by atoms with Crippen LogP contribution in [0.4, 0.5) is 11.5 Å². The first-order chi connectivity index (χ1) is 15.4. The Morgan fingerprint density at radius 1 is 1.28 bits per heavy atom. The maximum atomic E-state index is 13.0. The summed E-state index contributed by atoms with van der Waals surface area (Å²) in [5.74, 6) is 1.35. The van der Waals surface area contributed by atoms with Crippen molar-refractivity contribution in [3.63, 3.8) is 0 Å². The van der Waals surface area contributed by atoms with E-state index in [1.165, 1.54) is 11.3 Å². The normalized spacial score (nSPS) is 16.4. The van der Waals surface area contributed by atoms with E-state index >= 15 is 0 Å². The van der Waals surface area contributed by atoms with Crippen molar-refractivity contribution in [2.45, 2.75) is 19.4 Å². The Bertz CT molecular complexity index is 1310. The SMILES string of the molecule is COc1cn2nc(C)cc2cc1NC(=O)c1cc2ccc(N3CCC(N(C)C)C3)nc2s1. The van der Waals surface area contributed by atoms with Crippen LogP contribution in [0, 0.1) is 6.92 Å². The number of carbonyl (C=O) groups excluding carboxylic acids is 1. The number of carbonyl (C=O) groups is 1. The fourth-order valence-electron chi connectivity index (χ4n) is 4.16. The third-order valence-corrected chi connectivity index (χ3v) is 7.01. The predicted molar refractivity (Wildman–Crippen MR) is 128 cm³/mol. The molecule has 8 nitrogen and oxygen atoms in total. The molecule has 1 atom stereocenters. The van der Waals surface area contributed by atoms with Crippen molar-refractivity contribution >= 4 is 44.5 Å². The number of nitrogens with zero attached hydrogens (tertiary/aromatic N) is 5. The number of ether oxygens (including phenoxy) is 1. The van der Waals surface area contributed by atoms with Crippen LogP contribution >= 0.6 is 11.3 Å². The molecular weight excluding hydrogens is 424 g/mol. The highest BCUT2D eigenvalue weighted by Gasteiger charge is 2.25. The molecule has 0 radical (unpaired) electrons. The van der Waals surface area contributed by atoms with E-state index in [4.69, 9.17) is 9.72 Å². The van der Waals surface area contributed by atoms with Crippen molar-refractivity contribution in [2.75, 3.05) is 44.5 Å². The van der Waals surface area contributed by atoms with Gasteiger partial charge in [0.2, 0.25) is 0 Å². The first-order valence-corrected chi connectivity index (χ1v) is 11.4. The zero-order chi connectivity index (χ0) is 22.4. The quantitative estimate of drug-likeness (QED) is 0.500. The van der Waals surface area contributed by atoms with Crippen LogP contribution in [0.5, 0.6) is 5.75 Å². The van der Waals surface area contributed by atoms with Gasteiger partial charge in [-0.15, -0.1) is 11.3 Å². The third kappa shape index (κ3) is 3.78. The minimum Gasteiger partial charge on any atom is -0.493 e. The molecule has 1 aliphatic rings. The molecule has 0 spiro atoms. The average Bonchev–Trinajstić information content (AvgIpc) is 3.49. The van der Waals surface area contributed by atoms with E-state index in [2.05, 4.69) is 40.4 Å². The smallest absolute Gasteiger partial charge is 0.265 e. The van der Waals surface area contributed by atoms with E-state index in [0.717, 1.165) is 46.8 Å². The van der Waals surface area contributed by atoms with Crippen LogP contribution in [0.25, 0.3) is 15.7 Å². The molecular formula is C23H26N6O2S. The summed E-state index contributed by atoms with van der Waals surface area (Å²) >= 11 is 1.41. The van der Waals surface area contributed by atoms with E-state index < -0.39 is 0 Å². The molecule has 9 heteroatoms. The molecule has 0 saturated carbocycles. The number of amides is 1. The Morgan fingerprint density at radius 3 is 2.88 bits per heavy atom. The van der Waals surface area contributed by atoms with E-state index in [1.54, 1.807) is 17.8 Å². The molecule has 0 bridgehead atoms. The lowest BCUT2D eigenvalue weighted by atomic mass is 10.2. The van der Waals surface area contributed by atoms with Gasteiger partial charge in [-0.1, -0.05) is 0 Å². The molecule has 4 aromatic heterocycles. The average molecular weight is 451 g/mol. The van der Waals surface area contributed by atoms with E-state index in [9.17, 15) is 4.79 Å². The second kappa shape index (κ2) is 8.07. The van der Waals surface area contributed by atoms with Crippen molar-refractivity contribution in [1.82, 2.24) is 19.5 Å². The molecule has 1 saturated heterocycles. The summed E-state index contributed by atoms with van der Waals surface area (Å²) in [5.41, 5.74) is 2.41. The van der Waals surface area contributed by atoms with Gasteiger partial charge in [-0.25, -0.2) is 9.50 Å². The summed E-state index contributed by atoms with van der Waals surface area (Å²) in [6, 6.07) is 10.4. The number of methoxy groups -OCH3 is 1. The fraction of sp³-hybridized carbons (Fsp3) is 0.348. The molecule has 1 aliphatic heterocycles. The standard InChI is InChI=1S/C23H26N6O2S/c1-14-9-17-11-18(19(31-4)13-29(17)26-14)24-22(30)20-10-15-5-6-21(25-23(15)32-20)28-8-7-16(12-28)27(2)3/h5-6,9-11,13,16H,7-8,12H2,1-4H3,(H,24,30). The van der Waals surface area contributed by atoms with E-state index in [0.29, 0.717) is 22.4 Å². The molecule has 5 rings (SSSR count). The number of aryl methyl sites for hydroxylation is 1. The monoisotopic (exact) mass is 450 g/mol. The van der Waals surface area contributed by atoms with Gasteiger partial charge < -0.3 is 19.9 Å². The predicted octanol–water partition coefficient (Wildman–Crippen LogP) is 3.65. The third-order valence-electron chi connectivity index (χ3n) is 5.96. The maximum absolute atomic E-state index is 13.0. The van der Waals surface area contributed by atoms with Gasteiger partial charge in [-0.05, 0) is 57.8 Å². The number of rotatable bonds is 5. The van der Waals surface area contributed by atoms with Crippen LogP contribution in [0.2, 0.25) is 0 Å². The first-order valence-electron chi connectivity index (χ1n) is 10.6. The molecule has 1 unspecified atom stereocenters. The van der Waals surface area contributed by atoms with E-state index in [-0.39, 0.29) is 5.91 Å². The summed E-state index contributed by atoms with van der Waals surface area (Å²) in [6.07, 6.45) is 2.90. The number of pyridine rings is 2. The number of hydrogen-bond donors (Lipinski definition) is 1. The van der Waals surface area contributed by atoms with Crippen molar-refractivity contribution in [2.24, 2.45) is 0 Å². The molecule has 32 heavy (non-hydrogen) atoms. The summed E-state index contributed by atoms with van der Waals surface area (Å²) in [4.78, 5) is 23.9.